The Labute approximate surface area is 158 Å². The molecule has 4 nitrogen and oxygen atoms in total. The van der Waals surface area contributed by atoms with Crippen molar-refractivity contribution in [3.05, 3.63) is 35.9 Å². The van der Waals surface area contributed by atoms with E-state index in [2.05, 4.69) is 50.9 Å². The summed E-state index contributed by atoms with van der Waals surface area (Å²) in [5, 5.41) is 6.80. The predicted octanol–water partition coefficient (Wildman–Crippen LogP) is 2.89. The van der Waals surface area contributed by atoms with Gasteiger partial charge in [0, 0.05) is 20.1 Å². The molecule has 0 amide bonds. The van der Waals surface area contributed by atoms with Gasteiger partial charge in [-0.3, -0.25) is 4.99 Å². The third-order valence-electron chi connectivity index (χ3n) is 4.14. The monoisotopic (exact) mass is 430 g/mol. The van der Waals surface area contributed by atoms with Gasteiger partial charge >= 0.3 is 0 Å². The van der Waals surface area contributed by atoms with E-state index in [1.807, 2.05) is 7.05 Å². The lowest BCUT2D eigenvalue weighted by atomic mass is 10.1. The fourth-order valence-corrected chi connectivity index (χ4v) is 2.88. The Balaban J connectivity index is 0.00000264. The Morgan fingerprint density at radius 2 is 1.70 bits per heavy atom. The summed E-state index contributed by atoms with van der Waals surface area (Å²) in [5.74, 6) is 0.925. The Morgan fingerprint density at radius 3 is 2.35 bits per heavy atom. The van der Waals surface area contributed by atoms with Crippen molar-refractivity contribution in [3.63, 3.8) is 0 Å². The lowest BCUT2D eigenvalue weighted by Crippen LogP contribution is -2.39. The van der Waals surface area contributed by atoms with E-state index in [-0.39, 0.29) is 24.0 Å². The molecule has 0 spiro atoms. The number of halogens is 1. The zero-order chi connectivity index (χ0) is 15.5. The van der Waals surface area contributed by atoms with Crippen LogP contribution in [0.25, 0.3) is 0 Å². The molecule has 5 heteroatoms. The zero-order valence-corrected chi connectivity index (χ0v) is 16.6. The molecule has 1 aromatic carbocycles. The standard InChI is InChI=1S/C18H30N4.HI/c1-19-18(21-13-8-16-22-14-5-6-15-22)20-12-7-11-17-9-3-2-4-10-17;/h2-4,9-10H,5-8,11-16H2,1H3,(H2,19,20,21);1H. The first-order valence-corrected chi connectivity index (χ1v) is 8.59. The van der Waals surface area contributed by atoms with Crippen LogP contribution in [-0.4, -0.2) is 50.6 Å². The number of aryl methyl sites for hydroxylation is 1. The molecule has 1 aliphatic rings. The minimum atomic E-state index is 0. The second-order valence-corrected chi connectivity index (χ2v) is 5.92. The Morgan fingerprint density at radius 1 is 1.04 bits per heavy atom. The summed E-state index contributed by atoms with van der Waals surface area (Å²) in [4.78, 5) is 6.84. The van der Waals surface area contributed by atoms with Gasteiger partial charge in [-0.1, -0.05) is 30.3 Å². The SMILES string of the molecule is CN=C(NCCCc1ccccc1)NCCCN1CCCC1.I. The van der Waals surface area contributed by atoms with Crippen LogP contribution in [0.4, 0.5) is 0 Å². The van der Waals surface area contributed by atoms with Crippen LogP contribution < -0.4 is 10.6 Å². The first-order chi connectivity index (χ1) is 10.9. The van der Waals surface area contributed by atoms with Crippen LogP contribution >= 0.6 is 24.0 Å². The zero-order valence-electron chi connectivity index (χ0n) is 14.3. The van der Waals surface area contributed by atoms with E-state index in [4.69, 9.17) is 0 Å². The number of hydrogen-bond acceptors (Lipinski definition) is 2. The van der Waals surface area contributed by atoms with Gasteiger partial charge in [0.05, 0.1) is 0 Å². The second-order valence-electron chi connectivity index (χ2n) is 5.92. The quantitative estimate of drug-likeness (QED) is 0.289. The highest BCUT2D eigenvalue weighted by atomic mass is 127. The van der Waals surface area contributed by atoms with Gasteiger partial charge in [-0.25, -0.2) is 0 Å². The first-order valence-electron chi connectivity index (χ1n) is 8.59. The van der Waals surface area contributed by atoms with Gasteiger partial charge < -0.3 is 15.5 Å². The third kappa shape index (κ3) is 8.55. The molecule has 2 N–H and O–H groups in total. The highest BCUT2D eigenvalue weighted by molar-refractivity contribution is 14.0. The summed E-state index contributed by atoms with van der Waals surface area (Å²) in [5.41, 5.74) is 1.40. The average Bonchev–Trinajstić information content (AvgIpc) is 3.08. The molecule has 0 saturated carbocycles. The molecule has 0 unspecified atom stereocenters. The van der Waals surface area contributed by atoms with Gasteiger partial charge in [-0.2, -0.15) is 0 Å². The van der Waals surface area contributed by atoms with E-state index in [9.17, 15) is 0 Å². The van der Waals surface area contributed by atoms with Gasteiger partial charge in [-0.05, 0) is 57.3 Å². The molecular weight excluding hydrogens is 399 g/mol. The van der Waals surface area contributed by atoms with E-state index < -0.39 is 0 Å². The van der Waals surface area contributed by atoms with E-state index >= 15 is 0 Å². The van der Waals surface area contributed by atoms with Crippen LogP contribution in [0.1, 0.15) is 31.2 Å². The number of hydrogen-bond donors (Lipinski definition) is 2. The van der Waals surface area contributed by atoms with Gasteiger partial charge in [0.2, 0.25) is 0 Å². The maximum Gasteiger partial charge on any atom is 0.190 e. The molecule has 1 saturated heterocycles. The van der Waals surface area contributed by atoms with Crippen molar-refractivity contribution in [2.75, 3.05) is 39.8 Å². The molecular formula is C18H31IN4. The molecule has 1 fully saturated rings. The number of nitrogens with one attached hydrogen (secondary N) is 2. The third-order valence-corrected chi connectivity index (χ3v) is 4.14. The van der Waals surface area contributed by atoms with Crippen molar-refractivity contribution in [1.82, 2.24) is 15.5 Å². The van der Waals surface area contributed by atoms with Crippen LogP contribution in [0.15, 0.2) is 35.3 Å². The molecule has 0 aliphatic carbocycles. The van der Waals surface area contributed by atoms with Crippen molar-refractivity contribution >= 4 is 29.9 Å². The number of nitrogens with zero attached hydrogens (tertiary/aromatic N) is 2. The first kappa shape index (κ1) is 20.2. The Bertz CT molecular complexity index is 430. The van der Waals surface area contributed by atoms with Crippen molar-refractivity contribution < 1.29 is 0 Å². The van der Waals surface area contributed by atoms with Crippen LogP contribution in [0.3, 0.4) is 0 Å². The van der Waals surface area contributed by atoms with Gasteiger partial charge in [0.25, 0.3) is 0 Å². The molecule has 1 heterocycles. The summed E-state index contributed by atoms with van der Waals surface area (Å²) in [6, 6.07) is 10.6. The van der Waals surface area contributed by atoms with E-state index in [0.29, 0.717) is 0 Å². The minimum absolute atomic E-state index is 0. The molecule has 2 rings (SSSR count). The maximum absolute atomic E-state index is 4.28. The van der Waals surface area contributed by atoms with Crippen LogP contribution in [0.2, 0.25) is 0 Å². The van der Waals surface area contributed by atoms with Gasteiger partial charge in [0.15, 0.2) is 5.96 Å². The van der Waals surface area contributed by atoms with Crippen molar-refractivity contribution in [1.29, 1.82) is 0 Å². The molecule has 1 aromatic rings. The number of rotatable bonds is 8. The van der Waals surface area contributed by atoms with Crippen molar-refractivity contribution in [2.45, 2.75) is 32.1 Å². The molecule has 130 valence electrons. The fourth-order valence-electron chi connectivity index (χ4n) is 2.88. The molecule has 0 bridgehead atoms. The average molecular weight is 430 g/mol. The highest BCUT2D eigenvalue weighted by Crippen LogP contribution is 2.06. The van der Waals surface area contributed by atoms with E-state index in [1.165, 1.54) is 44.5 Å². The van der Waals surface area contributed by atoms with Gasteiger partial charge in [-0.15, -0.1) is 24.0 Å². The van der Waals surface area contributed by atoms with Crippen LogP contribution in [0.5, 0.6) is 0 Å². The van der Waals surface area contributed by atoms with E-state index in [0.717, 1.165) is 31.9 Å². The number of aliphatic imine (C=N–C) groups is 1. The smallest absolute Gasteiger partial charge is 0.190 e. The summed E-state index contributed by atoms with van der Waals surface area (Å²) in [6.07, 6.45) is 6.17. The highest BCUT2D eigenvalue weighted by Gasteiger charge is 2.10. The Kier molecular flexibility index (Phi) is 11.1. The lowest BCUT2D eigenvalue weighted by Gasteiger charge is -2.16. The minimum Gasteiger partial charge on any atom is -0.356 e. The molecule has 0 radical (unpaired) electrons. The maximum atomic E-state index is 4.28. The lowest BCUT2D eigenvalue weighted by molar-refractivity contribution is 0.334. The van der Waals surface area contributed by atoms with Crippen LogP contribution in [-0.2, 0) is 6.42 Å². The topological polar surface area (TPSA) is 39.7 Å². The summed E-state index contributed by atoms with van der Waals surface area (Å²) in [6.45, 7) is 5.73. The molecule has 23 heavy (non-hydrogen) atoms. The van der Waals surface area contributed by atoms with Crippen molar-refractivity contribution in [3.8, 4) is 0 Å². The number of benzene rings is 1. The Hall–Kier alpha value is -0.820. The fraction of sp³-hybridized carbons (Fsp3) is 0.611. The largest absolute Gasteiger partial charge is 0.356 e. The van der Waals surface area contributed by atoms with Gasteiger partial charge in [0.1, 0.15) is 0 Å². The molecule has 1 aliphatic heterocycles. The number of likely N-dealkylation sites (tertiary alicyclic amines) is 1. The van der Waals surface area contributed by atoms with Crippen LogP contribution in [0, 0.1) is 0 Å². The number of guanidine groups is 1. The summed E-state index contributed by atoms with van der Waals surface area (Å²) in [7, 11) is 1.84. The summed E-state index contributed by atoms with van der Waals surface area (Å²) < 4.78 is 0. The summed E-state index contributed by atoms with van der Waals surface area (Å²) >= 11 is 0. The van der Waals surface area contributed by atoms with E-state index in [1.54, 1.807) is 0 Å². The predicted molar refractivity (Wildman–Crippen MR) is 110 cm³/mol. The molecule has 0 atom stereocenters. The van der Waals surface area contributed by atoms with Crippen molar-refractivity contribution in [2.24, 2.45) is 4.99 Å². The second kappa shape index (κ2) is 12.6. The normalized spacial score (nSPS) is 15.3. The molecule has 0 aromatic heterocycles.